The quantitative estimate of drug-likeness (QED) is 0.475. The molecule has 0 atom stereocenters. The van der Waals surface area contributed by atoms with Crippen LogP contribution in [0, 0.1) is 0 Å². The van der Waals surface area contributed by atoms with Crippen LogP contribution in [0.5, 0.6) is 5.88 Å². The molecule has 0 aliphatic rings. The molecular formula is C17H11BrN4O4. The number of hydrogen-bond donors (Lipinski definition) is 0. The van der Waals surface area contributed by atoms with Crippen LogP contribution in [0.2, 0.25) is 0 Å². The lowest BCUT2D eigenvalue weighted by molar-refractivity contribution is -0.132. The molecule has 26 heavy (non-hydrogen) atoms. The Hall–Kier alpha value is -3.07. The molecule has 0 fully saturated rings. The molecule has 4 rings (SSSR count). The number of carbonyl (C=O) groups excluding carboxylic acids is 1. The van der Waals surface area contributed by atoms with Gasteiger partial charge in [0.2, 0.25) is 5.89 Å². The summed E-state index contributed by atoms with van der Waals surface area (Å²) in [6.07, 6.45) is 1.50. The SMILES string of the molecule is CC(=O)Oc1nn(Cc2nc3cc(Br)ccc3o2)c(=O)c2cccnc12. The summed E-state index contributed by atoms with van der Waals surface area (Å²) in [6, 6.07) is 8.65. The summed E-state index contributed by atoms with van der Waals surface area (Å²) in [6.45, 7) is 1.24. The van der Waals surface area contributed by atoms with Crippen LogP contribution in [0.1, 0.15) is 12.8 Å². The normalized spacial score (nSPS) is 11.2. The fourth-order valence-corrected chi connectivity index (χ4v) is 2.89. The van der Waals surface area contributed by atoms with Gasteiger partial charge in [-0.3, -0.25) is 14.6 Å². The van der Waals surface area contributed by atoms with E-state index in [1.807, 2.05) is 12.1 Å². The Morgan fingerprint density at radius 1 is 1.35 bits per heavy atom. The molecule has 0 aliphatic heterocycles. The van der Waals surface area contributed by atoms with Gasteiger partial charge in [-0.25, -0.2) is 9.67 Å². The van der Waals surface area contributed by atoms with E-state index in [0.29, 0.717) is 17.0 Å². The maximum absolute atomic E-state index is 12.7. The Bertz CT molecular complexity index is 1210. The van der Waals surface area contributed by atoms with Gasteiger partial charge < -0.3 is 9.15 Å². The standard InChI is InChI=1S/C17H11BrN4O4/c1-9(23)25-16-15-11(3-2-6-19-15)17(24)22(21-16)8-14-20-12-7-10(18)4-5-13(12)26-14/h2-7H,8H2,1H3. The molecule has 9 heteroatoms. The number of nitrogens with zero attached hydrogens (tertiary/aromatic N) is 4. The van der Waals surface area contributed by atoms with Crippen molar-refractivity contribution < 1.29 is 13.9 Å². The van der Waals surface area contributed by atoms with Crippen LogP contribution in [-0.2, 0) is 11.3 Å². The molecule has 1 aromatic carbocycles. The van der Waals surface area contributed by atoms with Crippen molar-refractivity contribution >= 4 is 43.9 Å². The summed E-state index contributed by atoms with van der Waals surface area (Å²) in [5, 5.41) is 4.40. The van der Waals surface area contributed by atoms with Gasteiger partial charge in [0.15, 0.2) is 5.58 Å². The number of benzene rings is 1. The zero-order valence-corrected chi connectivity index (χ0v) is 15.1. The summed E-state index contributed by atoms with van der Waals surface area (Å²) < 4.78 is 12.8. The van der Waals surface area contributed by atoms with E-state index in [1.165, 1.54) is 13.1 Å². The predicted octanol–water partition coefficient (Wildman–Crippen LogP) is 2.67. The fourth-order valence-electron chi connectivity index (χ4n) is 2.55. The molecule has 4 aromatic rings. The zero-order chi connectivity index (χ0) is 18.3. The number of rotatable bonds is 3. The number of pyridine rings is 1. The summed E-state index contributed by atoms with van der Waals surface area (Å²) in [5.74, 6) is -0.280. The van der Waals surface area contributed by atoms with E-state index in [9.17, 15) is 9.59 Å². The molecule has 0 amide bonds. The van der Waals surface area contributed by atoms with Gasteiger partial charge in [0.25, 0.3) is 11.4 Å². The Morgan fingerprint density at radius 3 is 3.00 bits per heavy atom. The first-order valence-corrected chi connectivity index (χ1v) is 8.40. The van der Waals surface area contributed by atoms with Crippen LogP contribution in [0.4, 0.5) is 0 Å². The number of aromatic nitrogens is 4. The monoisotopic (exact) mass is 414 g/mol. The Balaban J connectivity index is 1.83. The zero-order valence-electron chi connectivity index (χ0n) is 13.5. The first kappa shape index (κ1) is 16.4. The predicted molar refractivity (Wildman–Crippen MR) is 95.9 cm³/mol. The van der Waals surface area contributed by atoms with E-state index in [2.05, 4.69) is 31.0 Å². The lowest BCUT2D eigenvalue weighted by atomic mass is 10.3. The van der Waals surface area contributed by atoms with Crippen LogP contribution in [0.25, 0.3) is 22.0 Å². The average molecular weight is 415 g/mol. The van der Waals surface area contributed by atoms with Gasteiger partial charge in [0.1, 0.15) is 17.6 Å². The first-order chi connectivity index (χ1) is 12.5. The van der Waals surface area contributed by atoms with E-state index < -0.39 is 5.97 Å². The number of carbonyl (C=O) groups is 1. The second kappa shape index (κ2) is 6.34. The Morgan fingerprint density at radius 2 is 2.19 bits per heavy atom. The van der Waals surface area contributed by atoms with Crippen molar-refractivity contribution in [2.24, 2.45) is 0 Å². The lowest BCUT2D eigenvalue weighted by Gasteiger charge is -2.08. The van der Waals surface area contributed by atoms with Crippen molar-refractivity contribution in [1.82, 2.24) is 19.7 Å². The molecule has 0 saturated heterocycles. The number of esters is 1. The minimum atomic E-state index is -0.554. The van der Waals surface area contributed by atoms with Crippen molar-refractivity contribution in [3.8, 4) is 5.88 Å². The van der Waals surface area contributed by atoms with Crippen LogP contribution >= 0.6 is 15.9 Å². The molecule has 0 bridgehead atoms. The molecule has 0 N–H and O–H groups in total. The molecule has 0 saturated carbocycles. The molecule has 130 valence electrons. The maximum Gasteiger partial charge on any atom is 0.309 e. The number of ether oxygens (including phenoxy) is 1. The average Bonchev–Trinajstić information content (AvgIpc) is 3.00. The third-order valence-corrected chi connectivity index (χ3v) is 4.10. The number of halogens is 1. The van der Waals surface area contributed by atoms with E-state index in [-0.39, 0.29) is 28.9 Å². The molecule has 0 unspecified atom stereocenters. The van der Waals surface area contributed by atoms with Crippen LogP contribution in [-0.4, -0.2) is 25.7 Å². The molecule has 3 aromatic heterocycles. The second-order valence-electron chi connectivity index (χ2n) is 5.48. The maximum atomic E-state index is 12.7. The Labute approximate surface area is 154 Å². The van der Waals surface area contributed by atoms with E-state index in [4.69, 9.17) is 9.15 Å². The Kier molecular flexibility index (Phi) is 4.00. The summed E-state index contributed by atoms with van der Waals surface area (Å²) in [5.41, 5.74) is 1.10. The van der Waals surface area contributed by atoms with Crippen LogP contribution < -0.4 is 10.3 Å². The van der Waals surface area contributed by atoms with Gasteiger partial charge in [0, 0.05) is 17.6 Å². The van der Waals surface area contributed by atoms with Crippen molar-refractivity contribution in [3.63, 3.8) is 0 Å². The van der Waals surface area contributed by atoms with Gasteiger partial charge in [-0.1, -0.05) is 15.9 Å². The first-order valence-electron chi connectivity index (χ1n) is 7.60. The largest absolute Gasteiger partial charge is 0.439 e. The minimum absolute atomic E-state index is 0.00969. The molecular weight excluding hydrogens is 404 g/mol. The number of hydrogen-bond acceptors (Lipinski definition) is 7. The van der Waals surface area contributed by atoms with Crippen molar-refractivity contribution in [2.45, 2.75) is 13.5 Å². The molecule has 0 spiro atoms. The molecule has 0 radical (unpaired) electrons. The lowest BCUT2D eigenvalue weighted by Crippen LogP contribution is -2.25. The minimum Gasteiger partial charge on any atom is -0.439 e. The summed E-state index contributed by atoms with van der Waals surface area (Å²) >= 11 is 3.38. The van der Waals surface area contributed by atoms with Crippen molar-refractivity contribution in [3.05, 3.63) is 57.2 Å². The van der Waals surface area contributed by atoms with Gasteiger partial charge in [-0.15, -0.1) is 5.10 Å². The highest BCUT2D eigenvalue weighted by Crippen LogP contribution is 2.21. The highest BCUT2D eigenvalue weighted by atomic mass is 79.9. The highest BCUT2D eigenvalue weighted by molar-refractivity contribution is 9.10. The second-order valence-corrected chi connectivity index (χ2v) is 6.40. The van der Waals surface area contributed by atoms with E-state index in [1.54, 1.807) is 18.2 Å². The number of fused-ring (bicyclic) bond motifs is 2. The van der Waals surface area contributed by atoms with Gasteiger partial charge >= 0.3 is 5.97 Å². The summed E-state index contributed by atoms with van der Waals surface area (Å²) in [4.78, 5) is 32.5. The summed E-state index contributed by atoms with van der Waals surface area (Å²) in [7, 11) is 0. The smallest absolute Gasteiger partial charge is 0.309 e. The van der Waals surface area contributed by atoms with Gasteiger partial charge in [-0.05, 0) is 30.3 Å². The fraction of sp³-hybridized carbons (Fsp3) is 0.118. The van der Waals surface area contributed by atoms with Gasteiger partial charge in [0.05, 0.1) is 5.39 Å². The number of oxazole rings is 1. The van der Waals surface area contributed by atoms with Crippen molar-refractivity contribution in [1.29, 1.82) is 0 Å². The topological polar surface area (TPSA) is 100 Å². The van der Waals surface area contributed by atoms with E-state index in [0.717, 1.165) is 9.15 Å². The third-order valence-electron chi connectivity index (χ3n) is 3.61. The third kappa shape index (κ3) is 2.97. The van der Waals surface area contributed by atoms with E-state index >= 15 is 0 Å². The van der Waals surface area contributed by atoms with Gasteiger partial charge in [-0.2, -0.15) is 0 Å². The molecule has 8 nitrogen and oxygen atoms in total. The molecule has 0 aliphatic carbocycles. The van der Waals surface area contributed by atoms with Crippen LogP contribution in [0.15, 0.2) is 50.2 Å². The highest BCUT2D eigenvalue weighted by Gasteiger charge is 2.16. The van der Waals surface area contributed by atoms with Crippen LogP contribution in [0.3, 0.4) is 0 Å². The molecule has 3 heterocycles. The van der Waals surface area contributed by atoms with Crippen molar-refractivity contribution in [2.75, 3.05) is 0 Å².